The van der Waals surface area contributed by atoms with E-state index < -0.39 is 0 Å². The summed E-state index contributed by atoms with van der Waals surface area (Å²) in [6.07, 6.45) is 3.60. The molecule has 0 saturated carbocycles. The van der Waals surface area contributed by atoms with Crippen LogP contribution >= 0.6 is 22.9 Å². The number of imidazole rings is 1. The molecule has 2 aromatic heterocycles. The number of nitrogens with zero attached hydrogens (tertiary/aromatic N) is 3. The minimum atomic E-state index is 0.666. The molecule has 0 N–H and O–H groups in total. The molecule has 18 heavy (non-hydrogen) atoms. The lowest BCUT2D eigenvalue weighted by Crippen LogP contribution is -2.24. The summed E-state index contributed by atoms with van der Waals surface area (Å²) in [6, 6.07) is 4.22. The molecule has 0 aromatic carbocycles. The predicted octanol–water partition coefficient (Wildman–Crippen LogP) is 3.32. The van der Waals surface area contributed by atoms with Crippen LogP contribution in [0.25, 0.3) is 0 Å². The van der Waals surface area contributed by atoms with Crippen molar-refractivity contribution >= 4 is 22.9 Å². The van der Waals surface area contributed by atoms with Gasteiger partial charge in [-0.15, -0.1) is 17.9 Å². The number of thiophene rings is 1. The average molecular weight is 282 g/mol. The van der Waals surface area contributed by atoms with Crippen LogP contribution in [0.4, 0.5) is 0 Å². The maximum atomic E-state index is 6.00. The van der Waals surface area contributed by atoms with Gasteiger partial charge in [0.2, 0.25) is 0 Å². The summed E-state index contributed by atoms with van der Waals surface area (Å²) in [7, 11) is 1.93. The van der Waals surface area contributed by atoms with Gasteiger partial charge in [0, 0.05) is 25.0 Å². The van der Waals surface area contributed by atoms with Crippen LogP contribution in [0, 0.1) is 0 Å². The zero-order chi connectivity index (χ0) is 13.0. The molecule has 0 aliphatic rings. The van der Waals surface area contributed by atoms with E-state index in [-0.39, 0.29) is 0 Å². The number of hydrogen-bond donors (Lipinski definition) is 0. The first-order valence-electron chi connectivity index (χ1n) is 5.72. The lowest BCUT2D eigenvalue weighted by molar-refractivity contribution is 0.278. The van der Waals surface area contributed by atoms with Gasteiger partial charge < -0.3 is 4.57 Å². The fourth-order valence-electron chi connectivity index (χ4n) is 1.76. The Kier molecular flexibility index (Phi) is 4.58. The van der Waals surface area contributed by atoms with Gasteiger partial charge in [-0.25, -0.2) is 4.98 Å². The molecule has 2 aromatic rings. The normalized spacial score (nSPS) is 11.1. The van der Waals surface area contributed by atoms with Crippen molar-refractivity contribution < 1.29 is 0 Å². The van der Waals surface area contributed by atoms with Crippen molar-refractivity contribution in [2.45, 2.75) is 13.1 Å². The fourth-order valence-corrected chi connectivity index (χ4v) is 2.65. The van der Waals surface area contributed by atoms with Crippen LogP contribution in [0.3, 0.4) is 0 Å². The number of rotatable bonds is 6. The molecule has 0 spiro atoms. The monoisotopic (exact) mass is 281 g/mol. The largest absolute Gasteiger partial charge is 0.321 e. The van der Waals surface area contributed by atoms with Crippen LogP contribution < -0.4 is 0 Å². The van der Waals surface area contributed by atoms with Gasteiger partial charge in [0.15, 0.2) is 0 Å². The standard InChI is InChI=1S/C13H16ClN3S/c1-3-6-17(9-11-5-4-7-18-11)10-13-15-8-12(14)16(13)2/h3-5,7-8H,1,6,9-10H2,2H3. The van der Waals surface area contributed by atoms with Crippen LogP contribution in [-0.2, 0) is 20.1 Å². The molecule has 3 nitrogen and oxygen atoms in total. The third-order valence-corrected chi connectivity index (χ3v) is 3.95. The summed E-state index contributed by atoms with van der Waals surface area (Å²) in [5.41, 5.74) is 0. The van der Waals surface area contributed by atoms with Gasteiger partial charge in [-0.3, -0.25) is 4.90 Å². The Balaban J connectivity index is 2.06. The van der Waals surface area contributed by atoms with Crippen molar-refractivity contribution in [2.24, 2.45) is 7.05 Å². The van der Waals surface area contributed by atoms with E-state index in [1.807, 2.05) is 17.7 Å². The maximum absolute atomic E-state index is 6.00. The number of aromatic nitrogens is 2. The summed E-state index contributed by atoms with van der Waals surface area (Å²) >= 11 is 7.76. The zero-order valence-corrected chi connectivity index (χ0v) is 11.9. The second-order valence-corrected chi connectivity index (χ2v) is 5.51. The van der Waals surface area contributed by atoms with Gasteiger partial charge in [0.25, 0.3) is 0 Å². The second-order valence-electron chi connectivity index (χ2n) is 4.09. The summed E-state index contributed by atoms with van der Waals surface area (Å²) in [5, 5.41) is 2.76. The van der Waals surface area contributed by atoms with Crippen LogP contribution in [0.15, 0.2) is 36.4 Å². The van der Waals surface area contributed by atoms with E-state index in [9.17, 15) is 0 Å². The molecule has 2 heterocycles. The highest BCUT2D eigenvalue weighted by atomic mass is 35.5. The van der Waals surface area contributed by atoms with Gasteiger partial charge >= 0.3 is 0 Å². The smallest absolute Gasteiger partial charge is 0.128 e. The van der Waals surface area contributed by atoms with Crippen molar-refractivity contribution in [1.82, 2.24) is 14.5 Å². The second kappa shape index (κ2) is 6.18. The average Bonchev–Trinajstić information content (AvgIpc) is 2.95. The van der Waals surface area contributed by atoms with E-state index in [0.717, 1.165) is 25.5 Å². The summed E-state index contributed by atoms with van der Waals surface area (Å²) in [4.78, 5) is 7.96. The fraction of sp³-hybridized carbons (Fsp3) is 0.308. The van der Waals surface area contributed by atoms with Gasteiger partial charge in [0.05, 0.1) is 12.7 Å². The Morgan fingerprint density at radius 3 is 2.94 bits per heavy atom. The van der Waals surface area contributed by atoms with Crippen molar-refractivity contribution in [3.8, 4) is 0 Å². The van der Waals surface area contributed by atoms with E-state index in [2.05, 4.69) is 34.0 Å². The van der Waals surface area contributed by atoms with E-state index in [1.165, 1.54) is 4.88 Å². The molecule has 5 heteroatoms. The van der Waals surface area contributed by atoms with Crippen LogP contribution in [0.5, 0.6) is 0 Å². The first-order chi connectivity index (χ1) is 8.70. The molecule has 0 aliphatic carbocycles. The molecule has 0 aliphatic heterocycles. The summed E-state index contributed by atoms with van der Waals surface area (Å²) in [5.74, 6) is 0.971. The topological polar surface area (TPSA) is 21.1 Å². The molecule has 0 bridgehead atoms. The Morgan fingerprint density at radius 1 is 1.56 bits per heavy atom. The molecule has 0 amide bonds. The summed E-state index contributed by atoms with van der Waals surface area (Å²) in [6.45, 7) is 6.33. The lowest BCUT2D eigenvalue weighted by atomic mass is 10.3. The highest BCUT2D eigenvalue weighted by Crippen LogP contribution is 2.15. The molecule has 2 rings (SSSR count). The van der Waals surface area contributed by atoms with E-state index in [4.69, 9.17) is 11.6 Å². The number of halogens is 1. The first-order valence-corrected chi connectivity index (χ1v) is 6.98. The lowest BCUT2D eigenvalue weighted by Gasteiger charge is -2.19. The molecule has 96 valence electrons. The third-order valence-electron chi connectivity index (χ3n) is 2.74. The van der Waals surface area contributed by atoms with Gasteiger partial charge in [-0.05, 0) is 11.4 Å². The highest BCUT2D eigenvalue weighted by molar-refractivity contribution is 7.09. The number of hydrogen-bond acceptors (Lipinski definition) is 3. The SMILES string of the molecule is C=CCN(Cc1cccs1)Cc1ncc(Cl)n1C. The maximum Gasteiger partial charge on any atom is 0.128 e. The minimum absolute atomic E-state index is 0.666. The first kappa shape index (κ1) is 13.3. The van der Waals surface area contributed by atoms with Gasteiger partial charge in [0.1, 0.15) is 11.0 Å². The van der Waals surface area contributed by atoms with Crippen LogP contribution in [0.1, 0.15) is 10.7 Å². The minimum Gasteiger partial charge on any atom is -0.321 e. The molecule has 0 fully saturated rings. The molecule has 0 radical (unpaired) electrons. The van der Waals surface area contributed by atoms with Gasteiger partial charge in [-0.2, -0.15) is 0 Å². The van der Waals surface area contributed by atoms with Crippen molar-refractivity contribution in [2.75, 3.05) is 6.54 Å². The predicted molar refractivity (Wildman–Crippen MR) is 76.8 cm³/mol. The third kappa shape index (κ3) is 3.22. The van der Waals surface area contributed by atoms with E-state index in [1.54, 1.807) is 17.5 Å². The Bertz CT molecular complexity index is 504. The van der Waals surface area contributed by atoms with E-state index in [0.29, 0.717) is 5.15 Å². The Labute approximate surface area is 116 Å². The molecule has 0 saturated heterocycles. The van der Waals surface area contributed by atoms with E-state index >= 15 is 0 Å². The molecular formula is C13H16ClN3S. The van der Waals surface area contributed by atoms with Crippen molar-refractivity contribution in [3.05, 3.63) is 52.2 Å². The van der Waals surface area contributed by atoms with Crippen LogP contribution in [-0.4, -0.2) is 21.0 Å². The highest BCUT2D eigenvalue weighted by Gasteiger charge is 2.11. The molecular weight excluding hydrogens is 266 g/mol. The van der Waals surface area contributed by atoms with Crippen molar-refractivity contribution in [1.29, 1.82) is 0 Å². The Morgan fingerprint density at radius 2 is 2.39 bits per heavy atom. The van der Waals surface area contributed by atoms with Gasteiger partial charge in [-0.1, -0.05) is 23.7 Å². The van der Waals surface area contributed by atoms with Crippen molar-refractivity contribution in [3.63, 3.8) is 0 Å². The quantitative estimate of drug-likeness (QED) is 0.758. The van der Waals surface area contributed by atoms with Crippen LogP contribution in [0.2, 0.25) is 5.15 Å². The summed E-state index contributed by atoms with van der Waals surface area (Å²) < 4.78 is 1.91. The zero-order valence-electron chi connectivity index (χ0n) is 10.3. The molecule has 0 atom stereocenters. The Hall–Kier alpha value is -1.10. The molecule has 0 unspecified atom stereocenters.